The monoisotopic (exact) mass is 706 g/mol. The third-order valence-corrected chi connectivity index (χ3v) is 8.07. The smallest absolute Gasteiger partial charge is 0.282 e. The Morgan fingerprint density at radius 1 is 1.17 bits per heavy atom. The van der Waals surface area contributed by atoms with E-state index in [0.29, 0.717) is 39.1 Å². The van der Waals surface area contributed by atoms with E-state index in [-0.39, 0.29) is 34.6 Å². The highest BCUT2D eigenvalue weighted by atomic mass is 79.9. The van der Waals surface area contributed by atoms with Crippen molar-refractivity contribution in [3.8, 4) is 11.5 Å². The van der Waals surface area contributed by atoms with Crippen molar-refractivity contribution in [2.75, 3.05) is 18.5 Å². The topological polar surface area (TPSA) is 94.8 Å². The molecule has 1 aromatic heterocycles. The van der Waals surface area contributed by atoms with Crippen LogP contribution in [0.5, 0.6) is 11.5 Å². The Labute approximate surface area is 257 Å². The molecular formula is C29H26Br2ClFN4O4. The first-order valence-electron chi connectivity index (χ1n) is 12.7. The molecule has 1 atom stereocenters. The molecule has 0 radical (unpaired) electrons. The minimum Gasteiger partial charge on any atom is -0.490 e. The lowest BCUT2D eigenvalue weighted by Gasteiger charge is -2.16. The molecule has 4 rings (SSSR count). The summed E-state index contributed by atoms with van der Waals surface area (Å²) in [6, 6.07) is 12.4. The Balaban J connectivity index is 1.67. The lowest BCUT2D eigenvalue weighted by atomic mass is 10.1. The van der Waals surface area contributed by atoms with Gasteiger partial charge < -0.3 is 14.8 Å². The van der Waals surface area contributed by atoms with Gasteiger partial charge in [-0.15, -0.1) is 0 Å². The van der Waals surface area contributed by atoms with Gasteiger partial charge in [0.1, 0.15) is 16.7 Å². The van der Waals surface area contributed by atoms with Crippen LogP contribution in [-0.2, 0) is 4.79 Å². The van der Waals surface area contributed by atoms with Gasteiger partial charge in [0.05, 0.1) is 23.7 Å². The van der Waals surface area contributed by atoms with Crippen LogP contribution < -0.4 is 20.3 Å². The van der Waals surface area contributed by atoms with Gasteiger partial charge in [0.25, 0.3) is 11.5 Å². The van der Waals surface area contributed by atoms with Gasteiger partial charge in [-0.3, -0.25) is 9.59 Å². The zero-order chi connectivity index (χ0) is 29.7. The molecule has 0 saturated heterocycles. The molecule has 0 aliphatic heterocycles. The van der Waals surface area contributed by atoms with Crippen molar-refractivity contribution in [3.63, 3.8) is 0 Å². The molecule has 0 fully saturated rings. The lowest BCUT2D eigenvalue weighted by molar-refractivity contribution is -0.118. The van der Waals surface area contributed by atoms with Gasteiger partial charge in [-0.05, 0) is 77.8 Å². The summed E-state index contributed by atoms with van der Waals surface area (Å²) >= 11 is 13.5. The standard InChI is InChI=1S/C29H26Br2ClFN4O4/c1-4-16(3)28-36-22-11-6-18(30)13-21(22)29(39)37(28)34-14-17-12-23(40-5-2)27(26(32)25(17)31)41-15-24(38)35-20-9-7-19(33)8-10-20/h6-14,16H,4-5,15H2,1-3H3,(H,35,38)/t16-/m1/s1. The number of carbonyl (C=O) groups excluding carboxylic acids is 1. The molecule has 0 aliphatic rings. The molecule has 3 aromatic carbocycles. The molecule has 0 saturated carbocycles. The highest BCUT2D eigenvalue weighted by molar-refractivity contribution is 9.10. The second-order valence-electron chi connectivity index (χ2n) is 9.00. The summed E-state index contributed by atoms with van der Waals surface area (Å²) in [5.41, 5.74) is 1.22. The zero-order valence-corrected chi connectivity index (χ0v) is 26.3. The average Bonchev–Trinajstić information content (AvgIpc) is 2.95. The van der Waals surface area contributed by atoms with Crippen LogP contribution in [0.3, 0.4) is 0 Å². The quantitative estimate of drug-likeness (QED) is 0.172. The van der Waals surface area contributed by atoms with Gasteiger partial charge in [0.15, 0.2) is 18.1 Å². The minimum absolute atomic E-state index is 0.0317. The van der Waals surface area contributed by atoms with Crippen molar-refractivity contribution in [2.45, 2.75) is 33.1 Å². The van der Waals surface area contributed by atoms with Crippen LogP contribution in [0, 0.1) is 5.82 Å². The number of benzene rings is 3. The zero-order valence-electron chi connectivity index (χ0n) is 22.4. The lowest BCUT2D eigenvalue weighted by Crippen LogP contribution is -2.23. The molecule has 8 nitrogen and oxygen atoms in total. The Hall–Kier alpha value is -3.28. The number of rotatable bonds is 10. The van der Waals surface area contributed by atoms with Crippen molar-refractivity contribution in [2.24, 2.45) is 5.10 Å². The summed E-state index contributed by atoms with van der Waals surface area (Å²) in [6.45, 7) is 5.72. The number of nitrogens with one attached hydrogen (secondary N) is 1. The van der Waals surface area contributed by atoms with Gasteiger partial charge in [0, 0.05) is 26.1 Å². The fourth-order valence-electron chi connectivity index (χ4n) is 3.86. The Bertz CT molecular complexity index is 1680. The number of amides is 1. The molecule has 0 unspecified atom stereocenters. The SMILES string of the molecule is CCOc1cc(C=Nn2c([C@H](C)CC)nc3ccc(Br)cc3c2=O)c(Br)c(Cl)c1OCC(=O)Nc1ccc(F)cc1. The van der Waals surface area contributed by atoms with Crippen molar-refractivity contribution in [1.29, 1.82) is 0 Å². The van der Waals surface area contributed by atoms with Crippen LogP contribution in [0.25, 0.3) is 10.9 Å². The summed E-state index contributed by atoms with van der Waals surface area (Å²) in [4.78, 5) is 30.6. The van der Waals surface area contributed by atoms with E-state index in [2.05, 4.69) is 42.3 Å². The van der Waals surface area contributed by atoms with Gasteiger partial charge in [-0.1, -0.05) is 41.4 Å². The van der Waals surface area contributed by atoms with E-state index in [4.69, 9.17) is 26.1 Å². The molecular weight excluding hydrogens is 683 g/mol. The Morgan fingerprint density at radius 2 is 1.90 bits per heavy atom. The van der Waals surface area contributed by atoms with Crippen LogP contribution in [0.1, 0.15) is 44.5 Å². The second kappa shape index (κ2) is 13.6. The second-order valence-corrected chi connectivity index (χ2v) is 11.1. The minimum atomic E-state index is -0.468. The third-order valence-electron chi connectivity index (χ3n) is 6.13. The first-order chi connectivity index (χ1) is 19.6. The molecule has 0 spiro atoms. The molecule has 12 heteroatoms. The number of hydrogen-bond donors (Lipinski definition) is 1. The number of carbonyl (C=O) groups is 1. The van der Waals surface area contributed by atoms with Crippen molar-refractivity contribution in [3.05, 3.63) is 90.1 Å². The Morgan fingerprint density at radius 3 is 2.59 bits per heavy atom. The van der Waals surface area contributed by atoms with Gasteiger partial charge in [0.2, 0.25) is 0 Å². The van der Waals surface area contributed by atoms with Crippen molar-refractivity contribution >= 4 is 72.2 Å². The number of ether oxygens (including phenoxy) is 2. The number of hydrogen-bond acceptors (Lipinski definition) is 6. The van der Waals surface area contributed by atoms with Crippen LogP contribution in [0.2, 0.25) is 5.02 Å². The van der Waals surface area contributed by atoms with Gasteiger partial charge >= 0.3 is 0 Å². The molecule has 41 heavy (non-hydrogen) atoms. The maximum absolute atomic E-state index is 13.5. The van der Waals surface area contributed by atoms with Crippen LogP contribution >= 0.6 is 43.5 Å². The summed E-state index contributed by atoms with van der Waals surface area (Å²) in [7, 11) is 0. The maximum Gasteiger partial charge on any atom is 0.282 e. The van der Waals surface area contributed by atoms with E-state index >= 15 is 0 Å². The maximum atomic E-state index is 13.5. The van der Waals surface area contributed by atoms with Crippen molar-refractivity contribution < 1.29 is 18.7 Å². The summed E-state index contributed by atoms with van der Waals surface area (Å²) < 4.78 is 27.1. The molecule has 1 amide bonds. The van der Waals surface area contributed by atoms with E-state index in [9.17, 15) is 14.0 Å². The van der Waals surface area contributed by atoms with Crippen LogP contribution in [-0.4, -0.2) is 35.0 Å². The molecule has 1 N–H and O–H groups in total. The van der Waals surface area contributed by atoms with Gasteiger partial charge in [-0.2, -0.15) is 9.78 Å². The highest BCUT2D eigenvalue weighted by Gasteiger charge is 2.20. The molecule has 214 valence electrons. The predicted octanol–water partition coefficient (Wildman–Crippen LogP) is 7.53. The number of aromatic nitrogens is 2. The first kappa shape index (κ1) is 30.7. The molecule has 0 aliphatic carbocycles. The number of halogens is 4. The molecule has 4 aromatic rings. The van der Waals surface area contributed by atoms with Crippen LogP contribution in [0.15, 0.2) is 67.4 Å². The molecule has 1 heterocycles. The first-order valence-corrected chi connectivity index (χ1v) is 14.7. The number of nitrogens with zero attached hydrogens (tertiary/aromatic N) is 3. The predicted molar refractivity (Wildman–Crippen MR) is 166 cm³/mol. The summed E-state index contributed by atoms with van der Waals surface area (Å²) in [6.07, 6.45) is 2.25. The fraction of sp³-hybridized carbons (Fsp3) is 0.241. The summed E-state index contributed by atoms with van der Waals surface area (Å²) in [5, 5.41) is 7.72. The van der Waals surface area contributed by atoms with E-state index in [0.717, 1.165) is 10.9 Å². The van der Waals surface area contributed by atoms with E-state index in [1.807, 2.05) is 19.9 Å². The van der Waals surface area contributed by atoms with Crippen molar-refractivity contribution in [1.82, 2.24) is 9.66 Å². The Kier molecular flexibility index (Phi) is 10.2. The third kappa shape index (κ3) is 7.14. The number of anilines is 1. The van der Waals surface area contributed by atoms with Crippen LogP contribution in [0.4, 0.5) is 10.1 Å². The largest absolute Gasteiger partial charge is 0.490 e. The van der Waals surface area contributed by atoms with E-state index in [1.165, 1.54) is 35.2 Å². The fourth-order valence-corrected chi connectivity index (χ4v) is 4.88. The van der Waals surface area contributed by atoms with E-state index in [1.54, 1.807) is 25.1 Å². The highest BCUT2D eigenvalue weighted by Crippen LogP contribution is 2.42. The normalized spacial score (nSPS) is 12.1. The average molecular weight is 709 g/mol. The van der Waals surface area contributed by atoms with Gasteiger partial charge in [-0.25, -0.2) is 9.37 Å². The summed E-state index contributed by atoms with van der Waals surface area (Å²) in [5.74, 6) is 0.0584. The number of fused-ring (bicyclic) bond motifs is 1. The van der Waals surface area contributed by atoms with E-state index < -0.39 is 11.7 Å². The molecule has 0 bridgehead atoms.